The number of rotatable bonds is 5. The molecule has 2 heterocycles. The lowest BCUT2D eigenvalue weighted by atomic mass is 10.1. The Morgan fingerprint density at radius 2 is 1.96 bits per heavy atom. The van der Waals surface area contributed by atoms with Crippen LogP contribution in [0, 0.1) is 6.92 Å². The molecule has 0 saturated heterocycles. The molecule has 0 unspecified atom stereocenters. The van der Waals surface area contributed by atoms with Gasteiger partial charge in [-0.3, -0.25) is 0 Å². The maximum Gasteiger partial charge on any atom is 0.166 e. The average molecular weight is 339 g/mol. The molecule has 9 heteroatoms. The molecule has 0 bridgehead atoms. The van der Waals surface area contributed by atoms with Crippen molar-refractivity contribution in [2.75, 3.05) is 0 Å². The summed E-state index contributed by atoms with van der Waals surface area (Å²) >= 11 is 0. The Morgan fingerprint density at radius 3 is 2.57 bits per heavy atom. The first kappa shape index (κ1) is 16.1. The third kappa shape index (κ3) is 3.44. The van der Waals surface area contributed by atoms with Crippen LogP contribution in [0.3, 0.4) is 0 Å². The van der Waals surface area contributed by atoms with Gasteiger partial charge in [-0.05, 0) is 51.0 Å². The van der Waals surface area contributed by atoms with Gasteiger partial charge in [-0.25, -0.2) is 13.1 Å². The Kier molecular flexibility index (Phi) is 3.78. The quantitative estimate of drug-likeness (QED) is 0.816. The van der Waals surface area contributed by atoms with E-state index < -0.39 is 9.84 Å². The molecule has 0 aliphatic heterocycles. The molecule has 0 radical (unpaired) electrons. The molecule has 126 valence electrons. The van der Waals surface area contributed by atoms with E-state index in [4.69, 9.17) is 4.52 Å². The van der Waals surface area contributed by atoms with Crippen molar-refractivity contribution in [1.29, 1.82) is 0 Å². The molecule has 0 amide bonds. The molecule has 1 fully saturated rings. The lowest BCUT2D eigenvalue weighted by molar-refractivity contribution is 0.338. The monoisotopic (exact) mass is 339 g/mol. The van der Waals surface area contributed by atoms with Crippen molar-refractivity contribution in [2.45, 2.75) is 63.5 Å². The highest BCUT2D eigenvalue weighted by molar-refractivity contribution is 7.89. The first-order chi connectivity index (χ1) is 10.7. The van der Waals surface area contributed by atoms with Crippen LogP contribution in [0.4, 0.5) is 0 Å². The van der Waals surface area contributed by atoms with Crippen molar-refractivity contribution in [3.05, 3.63) is 22.8 Å². The Hall–Kier alpha value is -1.77. The predicted molar refractivity (Wildman–Crippen MR) is 82.4 cm³/mol. The van der Waals surface area contributed by atoms with Gasteiger partial charge in [0.2, 0.25) is 0 Å². The summed E-state index contributed by atoms with van der Waals surface area (Å²) in [4.78, 5) is 0. The van der Waals surface area contributed by atoms with Crippen molar-refractivity contribution in [3.8, 4) is 0 Å². The molecule has 0 N–H and O–H groups in total. The summed E-state index contributed by atoms with van der Waals surface area (Å²) in [5.74, 6) is 1.19. The fraction of sp³-hybridized carbons (Fsp3) is 0.714. The number of nitrogens with zero attached hydrogens (tertiary/aromatic N) is 5. The van der Waals surface area contributed by atoms with Crippen LogP contribution in [0.2, 0.25) is 0 Å². The van der Waals surface area contributed by atoms with Gasteiger partial charge in [0.1, 0.15) is 17.2 Å². The summed E-state index contributed by atoms with van der Waals surface area (Å²) in [5, 5.41) is 15.3. The van der Waals surface area contributed by atoms with Crippen LogP contribution in [0.1, 0.15) is 62.4 Å². The van der Waals surface area contributed by atoms with E-state index in [0.29, 0.717) is 17.4 Å². The highest BCUT2D eigenvalue weighted by Crippen LogP contribution is 2.42. The maximum absolute atomic E-state index is 12.5. The Morgan fingerprint density at radius 1 is 1.26 bits per heavy atom. The number of tetrazole rings is 1. The Bertz CT molecular complexity index is 812. The smallest absolute Gasteiger partial charge is 0.166 e. The molecule has 0 spiro atoms. The number of hydrogen-bond donors (Lipinski definition) is 0. The zero-order chi connectivity index (χ0) is 16.8. The van der Waals surface area contributed by atoms with Crippen LogP contribution in [0.5, 0.6) is 0 Å². The zero-order valence-electron chi connectivity index (χ0n) is 13.8. The van der Waals surface area contributed by atoms with Crippen molar-refractivity contribution in [3.63, 3.8) is 0 Å². The highest BCUT2D eigenvalue weighted by atomic mass is 32.2. The largest absolute Gasteiger partial charge is 0.361 e. The van der Waals surface area contributed by atoms with Gasteiger partial charge in [0.05, 0.1) is 11.3 Å². The third-order valence-corrected chi connectivity index (χ3v) is 5.29. The van der Waals surface area contributed by atoms with Crippen LogP contribution < -0.4 is 0 Å². The van der Waals surface area contributed by atoms with E-state index in [2.05, 4.69) is 20.7 Å². The van der Waals surface area contributed by atoms with Gasteiger partial charge >= 0.3 is 0 Å². The summed E-state index contributed by atoms with van der Waals surface area (Å²) in [6.07, 6.45) is 2.17. The second-order valence-corrected chi connectivity index (χ2v) is 9.17. The fourth-order valence-electron chi connectivity index (χ4n) is 2.52. The van der Waals surface area contributed by atoms with E-state index in [1.165, 1.54) is 4.68 Å². The van der Waals surface area contributed by atoms with E-state index in [9.17, 15) is 8.42 Å². The van der Waals surface area contributed by atoms with E-state index in [-0.39, 0.29) is 17.0 Å². The molecular formula is C14H21N5O3S. The minimum atomic E-state index is -3.44. The molecule has 2 aromatic rings. The van der Waals surface area contributed by atoms with Gasteiger partial charge in [-0.2, -0.15) is 0 Å². The molecule has 0 aromatic carbocycles. The van der Waals surface area contributed by atoms with Gasteiger partial charge in [-0.1, -0.05) is 5.16 Å². The molecule has 1 aliphatic carbocycles. The minimum Gasteiger partial charge on any atom is -0.361 e. The van der Waals surface area contributed by atoms with Crippen LogP contribution in [-0.2, 0) is 26.9 Å². The van der Waals surface area contributed by atoms with Crippen molar-refractivity contribution in [1.82, 2.24) is 25.4 Å². The molecular weight excluding hydrogens is 318 g/mol. The summed E-state index contributed by atoms with van der Waals surface area (Å²) in [6, 6.07) is 0. The molecule has 1 aliphatic rings. The molecule has 23 heavy (non-hydrogen) atoms. The molecule has 8 nitrogen and oxygen atoms in total. The summed E-state index contributed by atoms with van der Waals surface area (Å²) < 4.78 is 31.9. The standard InChI is InChI=1S/C14H21N5O3S/c1-9-11(16-22-13(9)10-5-6-10)7-23(20,21)8-12-15-17-18-19(12)14(2,3)4/h10H,5-8H2,1-4H3. The summed E-state index contributed by atoms with van der Waals surface area (Å²) in [6.45, 7) is 7.63. The second-order valence-electron chi connectivity index (χ2n) is 7.10. The zero-order valence-corrected chi connectivity index (χ0v) is 14.6. The normalized spacial score (nSPS) is 16.0. The van der Waals surface area contributed by atoms with Gasteiger partial charge < -0.3 is 4.52 Å². The van der Waals surface area contributed by atoms with Crippen LogP contribution >= 0.6 is 0 Å². The van der Waals surface area contributed by atoms with Crippen molar-refractivity contribution in [2.24, 2.45) is 0 Å². The van der Waals surface area contributed by atoms with E-state index >= 15 is 0 Å². The number of aromatic nitrogens is 5. The van der Waals surface area contributed by atoms with Gasteiger partial charge in [0, 0.05) is 11.5 Å². The van der Waals surface area contributed by atoms with E-state index in [0.717, 1.165) is 24.2 Å². The van der Waals surface area contributed by atoms with Crippen LogP contribution in [0.15, 0.2) is 4.52 Å². The van der Waals surface area contributed by atoms with Crippen molar-refractivity contribution < 1.29 is 12.9 Å². The second kappa shape index (κ2) is 5.40. The first-order valence-electron chi connectivity index (χ1n) is 7.60. The third-order valence-electron chi connectivity index (χ3n) is 3.88. The number of hydrogen-bond acceptors (Lipinski definition) is 7. The van der Waals surface area contributed by atoms with Crippen LogP contribution in [-0.4, -0.2) is 33.8 Å². The fourth-order valence-corrected chi connectivity index (χ4v) is 3.88. The minimum absolute atomic E-state index is 0.161. The van der Waals surface area contributed by atoms with Gasteiger partial charge in [0.15, 0.2) is 15.7 Å². The molecule has 1 saturated carbocycles. The molecule has 2 aromatic heterocycles. The average Bonchev–Trinajstić information content (AvgIpc) is 3.05. The Labute approximate surface area is 135 Å². The van der Waals surface area contributed by atoms with Crippen molar-refractivity contribution >= 4 is 9.84 Å². The summed E-state index contributed by atoms with van der Waals surface area (Å²) in [7, 11) is -3.44. The first-order valence-corrected chi connectivity index (χ1v) is 9.43. The van der Waals surface area contributed by atoms with E-state index in [1.807, 2.05) is 27.7 Å². The molecule has 3 rings (SSSR count). The van der Waals surface area contributed by atoms with Gasteiger partial charge in [0.25, 0.3) is 0 Å². The lowest BCUT2D eigenvalue weighted by Gasteiger charge is -2.19. The predicted octanol–water partition coefficient (Wildman–Crippen LogP) is 1.72. The topological polar surface area (TPSA) is 104 Å². The number of sulfone groups is 1. The van der Waals surface area contributed by atoms with Crippen LogP contribution in [0.25, 0.3) is 0 Å². The molecule has 0 atom stereocenters. The summed E-state index contributed by atoms with van der Waals surface area (Å²) in [5.41, 5.74) is 0.963. The van der Waals surface area contributed by atoms with E-state index in [1.54, 1.807) is 0 Å². The maximum atomic E-state index is 12.5. The van der Waals surface area contributed by atoms with Gasteiger partial charge in [-0.15, -0.1) is 5.10 Å². The lowest BCUT2D eigenvalue weighted by Crippen LogP contribution is -2.27. The Balaban J connectivity index is 1.79. The SMILES string of the molecule is Cc1c(CS(=O)(=O)Cc2nnnn2C(C)(C)C)noc1C1CC1. The highest BCUT2D eigenvalue weighted by Gasteiger charge is 2.32.